The fourth-order valence-electron chi connectivity index (χ4n) is 5.72. The van der Waals surface area contributed by atoms with E-state index in [1.54, 1.807) is 0 Å². The van der Waals surface area contributed by atoms with E-state index >= 15 is 0 Å². The zero-order valence-electron chi connectivity index (χ0n) is 20.9. The van der Waals surface area contributed by atoms with Crippen LogP contribution in [0.15, 0.2) is 30.3 Å². The maximum absolute atomic E-state index is 11.6. The fraction of sp³-hybridized carbons (Fsp3) is 0.519. The molecule has 5 heteroatoms. The Morgan fingerprint density at radius 3 is 2.00 bits per heavy atom. The first kappa shape index (κ1) is 24.5. The van der Waals surface area contributed by atoms with E-state index in [0.29, 0.717) is 29.5 Å². The first-order chi connectivity index (χ1) is 15.0. The van der Waals surface area contributed by atoms with Crippen LogP contribution in [0, 0.1) is 13.8 Å². The number of benzene rings is 2. The molecular formula is C27H39NO3Si. The summed E-state index contributed by atoms with van der Waals surface area (Å²) in [5, 5.41) is 14.2. The van der Waals surface area contributed by atoms with E-state index in [4.69, 9.17) is 4.43 Å². The lowest BCUT2D eigenvalue weighted by Crippen LogP contribution is -2.50. The van der Waals surface area contributed by atoms with Gasteiger partial charge in [0.25, 0.3) is 8.32 Å². The summed E-state index contributed by atoms with van der Waals surface area (Å²) in [6, 6.07) is 10.0. The zero-order chi connectivity index (χ0) is 23.8. The SMILES string of the molecule is Cc1cc(O[Si](C(C)C)(C(C)C)C(C)C)cc(C)c1C(O)c1ccc2c(c1)CCC(=O)N2. The van der Waals surface area contributed by atoms with Gasteiger partial charge in [0.15, 0.2) is 0 Å². The molecule has 2 N–H and O–H groups in total. The van der Waals surface area contributed by atoms with Crippen LogP contribution in [0.4, 0.5) is 5.69 Å². The molecule has 2 aromatic carbocycles. The number of aryl methyl sites for hydroxylation is 3. The summed E-state index contributed by atoms with van der Waals surface area (Å²) in [4.78, 5) is 11.6. The summed E-state index contributed by atoms with van der Waals surface area (Å²) in [5.41, 5.74) is 7.32. The largest absolute Gasteiger partial charge is 0.543 e. The monoisotopic (exact) mass is 453 g/mol. The summed E-state index contributed by atoms with van der Waals surface area (Å²) >= 11 is 0. The second-order valence-corrected chi connectivity index (χ2v) is 15.6. The number of aliphatic hydroxyl groups excluding tert-OH is 1. The highest BCUT2D eigenvalue weighted by atomic mass is 28.4. The minimum Gasteiger partial charge on any atom is -0.543 e. The molecule has 0 radical (unpaired) electrons. The fourth-order valence-corrected chi connectivity index (χ4v) is 11.0. The average Bonchev–Trinajstić information content (AvgIpc) is 2.70. The van der Waals surface area contributed by atoms with Crippen molar-refractivity contribution in [2.75, 3.05) is 5.32 Å². The molecule has 0 aliphatic carbocycles. The normalized spacial score (nSPS) is 15.2. The molecule has 32 heavy (non-hydrogen) atoms. The molecule has 0 saturated carbocycles. The number of hydrogen-bond donors (Lipinski definition) is 2. The molecule has 1 aliphatic heterocycles. The van der Waals surface area contributed by atoms with E-state index in [1.807, 2.05) is 18.2 Å². The highest BCUT2D eigenvalue weighted by molar-refractivity contribution is 6.78. The number of aliphatic hydroxyl groups is 1. The first-order valence-electron chi connectivity index (χ1n) is 11.9. The van der Waals surface area contributed by atoms with Crippen LogP contribution in [0.25, 0.3) is 0 Å². The van der Waals surface area contributed by atoms with Gasteiger partial charge in [-0.3, -0.25) is 4.79 Å². The highest BCUT2D eigenvalue weighted by Gasteiger charge is 2.47. The maximum atomic E-state index is 11.6. The molecule has 0 aromatic heterocycles. The third kappa shape index (κ3) is 4.51. The number of fused-ring (bicyclic) bond motifs is 1. The van der Waals surface area contributed by atoms with Crippen LogP contribution in [0.1, 0.15) is 81.9 Å². The van der Waals surface area contributed by atoms with Crippen molar-refractivity contribution >= 4 is 19.9 Å². The van der Waals surface area contributed by atoms with E-state index in [2.05, 4.69) is 72.8 Å². The van der Waals surface area contributed by atoms with Crippen molar-refractivity contribution in [3.63, 3.8) is 0 Å². The third-order valence-electron chi connectivity index (χ3n) is 7.18. The summed E-state index contributed by atoms with van der Waals surface area (Å²) in [6.45, 7) is 17.9. The van der Waals surface area contributed by atoms with Gasteiger partial charge >= 0.3 is 0 Å². The van der Waals surface area contributed by atoms with Crippen molar-refractivity contribution in [3.05, 3.63) is 58.1 Å². The van der Waals surface area contributed by atoms with Crippen molar-refractivity contribution in [1.82, 2.24) is 0 Å². The summed E-state index contributed by atoms with van der Waals surface area (Å²) in [7, 11) is -2.04. The molecule has 4 nitrogen and oxygen atoms in total. The van der Waals surface area contributed by atoms with Crippen LogP contribution in [0.3, 0.4) is 0 Å². The number of anilines is 1. The van der Waals surface area contributed by atoms with Gasteiger partial charge in [-0.25, -0.2) is 0 Å². The Morgan fingerprint density at radius 1 is 0.906 bits per heavy atom. The van der Waals surface area contributed by atoms with Crippen LogP contribution in [-0.2, 0) is 11.2 Å². The summed E-state index contributed by atoms with van der Waals surface area (Å²) < 4.78 is 6.89. The van der Waals surface area contributed by atoms with Gasteiger partial charge in [0.1, 0.15) is 11.9 Å². The number of nitrogens with one attached hydrogen (secondary N) is 1. The highest BCUT2D eigenvalue weighted by Crippen LogP contribution is 2.43. The van der Waals surface area contributed by atoms with E-state index in [-0.39, 0.29) is 5.91 Å². The van der Waals surface area contributed by atoms with Gasteiger partial charge < -0.3 is 14.8 Å². The molecule has 174 valence electrons. The van der Waals surface area contributed by atoms with Gasteiger partial charge in [-0.1, -0.05) is 53.7 Å². The van der Waals surface area contributed by atoms with Gasteiger partial charge in [-0.2, -0.15) is 0 Å². The van der Waals surface area contributed by atoms with Gasteiger partial charge in [0, 0.05) is 12.1 Å². The molecule has 1 atom stereocenters. The van der Waals surface area contributed by atoms with Crippen molar-refractivity contribution in [2.24, 2.45) is 0 Å². The molecule has 2 aromatic rings. The minimum atomic E-state index is -2.04. The lowest BCUT2D eigenvalue weighted by Gasteiger charge is -2.42. The van der Waals surface area contributed by atoms with Gasteiger partial charge in [-0.15, -0.1) is 0 Å². The maximum Gasteiger partial charge on any atom is 0.258 e. The van der Waals surface area contributed by atoms with Crippen molar-refractivity contribution in [3.8, 4) is 5.75 Å². The van der Waals surface area contributed by atoms with Crippen LogP contribution < -0.4 is 9.74 Å². The molecule has 0 fully saturated rings. The van der Waals surface area contributed by atoms with E-state index in [9.17, 15) is 9.90 Å². The van der Waals surface area contributed by atoms with Crippen LogP contribution in [-0.4, -0.2) is 19.3 Å². The molecular weight excluding hydrogens is 414 g/mol. The topological polar surface area (TPSA) is 58.6 Å². The molecule has 3 rings (SSSR count). The number of rotatable bonds is 7. The predicted octanol–water partition coefficient (Wildman–Crippen LogP) is 6.82. The summed E-state index contributed by atoms with van der Waals surface area (Å²) in [5.74, 6) is 0.976. The average molecular weight is 454 g/mol. The van der Waals surface area contributed by atoms with Gasteiger partial charge in [0.05, 0.1) is 0 Å². The number of hydrogen-bond acceptors (Lipinski definition) is 3. The number of carbonyl (C=O) groups is 1. The Kier molecular flexibility index (Phi) is 7.20. The predicted molar refractivity (Wildman–Crippen MR) is 135 cm³/mol. The lowest BCUT2D eigenvalue weighted by atomic mass is 9.91. The van der Waals surface area contributed by atoms with Crippen molar-refractivity contribution in [1.29, 1.82) is 0 Å². The second kappa shape index (κ2) is 9.40. The Morgan fingerprint density at radius 2 is 1.47 bits per heavy atom. The van der Waals surface area contributed by atoms with E-state index in [0.717, 1.165) is 39.3 Å². The smallest absolute Gasteiger partial charge is 0.258 e. The summed E-state index contributed by atoms with van der Waals surface area (Å²) in [6.07, 6.45) is 0.483. The lowest BCUT2D eigenvalue weighted by molar-refractivity contribution is -0.116. The third-order valence-corrected chi connectivity index (χ3v) is 13.2. The van der Waals surface area contributed by atoms with Crippen LogP contribution >= 0.6 is 0 Å². The van der Waals surface area contributed by atoms with Crippen LogP contribution in [0.2, 0.25) is 16.6 Å². The van der Waals surface area contributed by atoms with Crippen LogP contribution in [0.5, 0.6) is 5.75 Å². The quantitative estimate of drug-likeness (QED) is 0.452. The van der Waals surface area contributed by atoms with Crippen molar-refractivity contribution < 1.29 is 14.3 Å². The Balaban J connectivity index is 1.95. The molecule has 1 heterocycles. The standard InChI is InChI=1S/C27H39NO3Si/c1-16(2)32(17(3)4,18(5)6)31-23-13-19(7)26(20(8)14-23)27(30)22-9-11-24-21(15-22)10-12-25(29)28-24/h9,11,13-18,27,30H,10,12H2,1-8H3,(H,28,29). The number of amides is 1. The number of carbonyl (C=O) groups excluding carboxylic acids is 1. The van der Waals surface area contributed by atoms with Crippen molar-refractivity contribution in [2.45, 2.75) is 91.0 Å². The molecule has 0 bridgehead atoms. The Bertz CT molecular complexity index is 952. The zero-order valence-corrected chi connectivity index (χ0v) is 21.9. The van der Waals surface area contributed by atoms with E-state index in [1.165, 1.54) is 0 Å². The minimum absolute atomic E-state index is 0.0527. The van der Waals surface area contributed by atoms with Gasteiger partial charge in [-0.05, 0) is 82.9 Å². The second-order valence-electron chi connectivity index (χ2n) is 10.3. The molecule has 0 spiro atoms. The Labute approximate surface area is 194 Å². The molecule has 1 unspecified atom stereocenters. The molecule has 1 amide bonds. The Hall–Kier alpha value is -2.11. The van der Waals surface area contributed by atoms with E-state index < -0.39 is 14.4 Å². The molecule has 0 saturated heterocycles. The molecule has 1 aliphatic rings. The van der Waals surface area contributed by atoms with Gasteiger partial charge in [0.2, 0.25) is 5.91 Å². The first-order valence-corrected chi connectivity index (χ1v) is 14.0.